The Labute approximate surface area is 170 Å². The van der Waals surface area contributed by atoms with Gasteiger partial charge in [0.05, 0.1) is 25.4 Å². The van der Waals surface area contributed by atoms with E-state index >= 15 is 0 Å². The molecule has 0 fully saturated rings. The van der Waals surface area contributed by atoms with Crippen molar-refractivity contribution in [2.45, 2.75) is 33.4 Å². The third-order valence-electron chi connectivity index (χ3n) is 5.40. The van der Waals surface area contributed by atoms with Gasteiger partial charge in [-0.05, 0) is 30.5 Å². The van der Waals surface area contributed by atoms with Gasteiger partial charge in [-0.25, -0.2) is 0 Å². The van der Waals surface area contributed by atoms with E-state index in [0.717, 1.165) is 34.2 Å². The van der Waals surface area contributed by atoms with E-state index in [-0.39, 0.29) is 5.91 Å². The number of nitrogens with zero attached hydrogens (tertiary/aromatic N) is 3. The summed E-state index contributed by atoms with van der Waals surface area (Å²) in [6.45, 7) is 5.36. The van der Waals surface area contributed by atoms with Crippen LogP contribution in [0.5, 0.6) is 0 Å². The highest BCUT2D eigenvalue weighted by atomic mass is 16.3. The average Bonchev–Trinajstić information content (AvgIpc) is 3.32. The molecule has 148 valence electrons. The van der Waals surface area contributed by atoms with E-state index in [1.54, 1.807) is 11.2 Å². The maximum absolute atomic E-state index is 12.8. The molecule has 0 saturated heterocycles. The normalized spacial score (nSPS) is 11.1. The monoisotopic (exact) mass is 387 g/mol. The second kappa shape index (κ2) is 7.95. The van der Waals surface area contributed by atoms with Gasteiger partial charge in [0.2, 0.25) is 5.91 Å². The molecule has 0 aliphatic carbocycles. The van der Waals surface area contributed by atoms with E-state index in [9.17, 15) is 4.79 Å². The molecule has 4 rings (SSSR count). The fraction of sp³-hybridized carbons (Fsp3) is 0.250. The molecule has 5 nitrogen and oxygen atoms in total. The summed E-state index contributed by atoms with van der Waals surface area (Å²) in [7, 11) is 1.83. The van der Waals surface area contributed by atoms with Crippen molar-refractivity contribution in [2.75, 3.05) is 7.05 Å². The van der Waals surface area contributed by atoms with Gasteiger partial charge in [0, 0.05) is 36.3 Å². The first-order valence-corrected chi connectivity index (χ1v) is 9.77. The molecule has 0 spiro atoms. The topological polar surface area (TPSA) is 51.3 Å². The van der Waals surface area contributed by atoms with Crippen molar-refractivity contribution in [3.8, 4) is 0 Å². The van der Waals surface area contributed by atoms with Crippen molar-refractivity contribution in [3.63, 3.8) is 0 Å². The van der Waals surface area contributed by atoms with Crippen LogP contribution in [0.15, 0.2) is 65.5 Å². The number of hydrogen-bond donors (Lipinski definition) is 0. The third kappa shape index (κ3) is 4.09. The Morgan fingerprint density at radius 3 is 2.69 bits per heavy atom. The van der Waals surface area contributed by atoms with Gasteiger partial charge in [0.1, 0.15) is 5.58 Å². The van der Waals surface area contributed by atoms with Gasteiger partial charge in [-0.15, -0.1) is 0 Å². The molecule has 2 aromatic heterocycles. The van der Waals surface area contributed by atoms with Crippen LogP contribution in [0.2, 0.25) is 0 Å². The Hall–Kier alpha value is -3.34. The Balaban J connectivity index is 1.41. The number of carbonyl (C=O) groups excluding carboxylic acids is 1. The van der Waals surface area contributed by atoms with Crippen molar-refractivity contribution in [2.24, 2.45) is 0 Å². The molecule has 0 unspecified atom stereocenters. The van der Waals surface area contributed by atoms with Crippen LogP contribution in [0.4, 0.5) is 0 Å². The summed E-state index contributed by atoms with van der Waals surface area (Å²) in [5, 5.41) is 5.44. The molecule has 0 N–H and O–H groups in total. The number of benzene rings is 2. The number of aromatic nitrogens is 2. The smallest absolute Gasteiger partial charge is 0.227 e. The van der Waals surface area contributed by atoms with Crippen LogP contribution in [0, 0.1) is 13.8 Å². The number of likely N-dealkylation sites (N-methyl/N-ethyl adjacent to an activating group) is 1. The number of aryl methyl sites for hydroxylation is 2. The molecule has 4 aromatic rings. The minimum atomic E-state index is 0.0572. The maximum Gasteiger partial charge on any atom is 0.227 e. The van der Waals surface area contributed by atoms with Gasteiger partial charge in [-0.3, -0.25) is 9.48 Å². The number of carbonyl (C=O) groups is 1. The van der Waals surface area contributed by atoms with E-state index in [1.807, 2.05) is 55.3 Å². The van der Waals surface area contributed by atoms with Crippen LogP contribution in [0.1, 0.15) is 27.8 Å². The van der Waals surface area contributed by atoms with Crippen molar-refractivity contribution in [1.82, 2.24) is 14.7 Å². The first-order valence-electron chi connectivity index (χ1n) is 9.77. The minimum Gasteiger partial charge on any atom is -0.464 e. The maximum atomic E-state index is 12.8. The van der Waals surface area contributed by atoms with E-state index in [1.165, 1.54) is 11.1 Å². The van der Waals surface area contributed by atoms with Crippen LogP contribution in [0.3, 0.4) is 0 Å². The molecular weight excluding hydrogens is 362 g/mol. The largest absolute Gasteiger partial charge is 0.464 e. The van der Waals surface area contributed by atoms with Gasteiger partial charge in [0.15, 0.2) is 0 Å². The lowest BCUT2D eigenvalue weighted by Gasteiger charge is -2.15. The number of hydrogen-bond acceptors (Lipinski definition) is 3. The SMILES string of the molecule is Cc1ccc2c(CC(=O)N(C)Cc3cnn(Cc4ccccc4)c3)coc2c1C. The van der Waals surface area contributed by atoms with E-state index in [2.05, 4.69) is 30.2 Å². The van der Waals surface area contributed by atoms with Crippen LogP contribution in [-0.2, 0) is 24.3 Å². The van der Waals surface area contributed by atoms with Gasteiger partial charge < -0.3 is 9.32 Å². The second-order valence-electron chi connectivity index (χ2n) is 7.60. The molecule has 0 saturated carbocycles. The molecule has 0 bridgehead atoms. The lowest BCUT2D eigenvalue weighted by Crippen LogP contribution is -2.27. The summed E-state index contributed by atoms with van der Waals surface area (Å²) in [6, 6.07) is 14.3. The minimum absolute atomic E-state index is 0.0572. The van der Waals surface area contributed by atoms with E-state index in [0.29, 0.717) is 13.0 Å². The van der Waals surface area contributed by atoms with Gasteiger partial charge in [-0.2, -0.15) is 5.10 Å². The highest BCUT2D eigenvalue weighted by Gasteiger charge is 2.16. The molecule has 2 heterocycles. The molecule has 0 atom stereocenters. The molecule has 0 aliphatic rings. The van der Waals surface area contributed by atoms with Crippen LogP contribution >= 0.6 is 0 Å². The fourth-order valence-corrected chi connectivity index (χ4v) is 3.53. The van der Waals surface area contributed by atoms with Gasteiger partial charge >= 0.3 is 0 Å². The highest BCUT2D eigenvalue weighted by molar-refractivity contribution is 5.89. The lowest BCUT2D eigenvalue weighted by atomic mass is 10.0. The summed E-state index contributed by atoms with van der Waals surface area (Å²) in [6.07, 6.45) is 5.85. The predicted octanol–water partition coefficient (Wildman–Crippen LogP) is 4.50. The fourth-order valence-electron chi connectivity index (χ4n) is 3.53. The van der Waals surface area contributed by atoms with E-state index < -0.39 is 0 Å². The summed E-state index contributed by atoms with van der Waals surface area (Å²) in [4.78, 5) is 14.5. The summed E-state index contributed by atoms with van der Waals surface area (Å²) in [5.41, 5.74) is 6.33. The zero-order chi connectivity index (χ0) is 20.4. The zero-order valence-corrected chi connectivity index (χ0v) is 17.1. The van der Waals surface area contributed by atoms with Crippen molar-refractivity contribution in [1.29, 1.82) is 0 Å². The van der Waals surface area contributed by atoms with Crippen molar-refractivity contribution < 1.29 is 9.21 Å². The molecule has 0 aliphatic heterocycles. The van der Waals surface area contributed by atoms with Crippen LogP contribution < -0.4 is 0 Å². The third-order valence-corrected chi connectivity index (χ3v) is 5.40. The molecule has 2 aromatic carbocycles. The summed E-state index contributed by atoms with van der Waals surface area (Å²) < 4.78 is 7.64. The number of rotatable bonds is 6. The Morgan fingerprint density at radius 2 is 1.90 bits per heavy atom. The zero-order valence-electron chi connectivity index (χ0n) is 17.1. The van der Waals surface area contributed by atoms with Crippen molar-refractivity contribution in [3.05, 3.63) is 88.9 Å². The standard InChI is InChI=1S/C24H25N3O2/c1-17-9-10-22-21(16-29-24(22)18(17)2)11-23(28)26(3)13-20-12-25-27(15-20)14-19-7-5-4-6-8-19/h4-10,12,15-16H,11,13-14H2,1-3H3. The Kier molecular flexibility index (Phi) is 5.21. The predicted molar refractivity (Wildman–Crippen MR) is 114 cm³/mol. The molecule has 5 heteroatoms. The summed E-state index contributed by atoms with van der Waals surface area (Å²) >= 11 is 0. The van der Waals surface area contributed by atoms with Gasteiger partial charge in [0.25, 0.3) is 0 Å². The lowest BCUT2D eigenvalue weighted by molar-refractivity contribution is -0.129. The highest BCUT2D eigenvalue weighted by Crippen LogP contribution is 2.27. The first-order chi connectivity index (χ1) is 14.0. The summed E-state index contributed by atoms with van der Waals surface area (Å²) in [5.74, 6) is 0.0572. The van der Waals surface area contributed by atoms with Crippen molar-refractivity contribution >= 4 is 16.9 Å². The molecule has 29 heavy (non-hydrogen) atoms. The number of fused-ring (bicyclic) bond motifs is 1. The van der Waals surface area contributed by atoms with Crippen LogP contribution in [0.25, 0.3) is 11.0 Å². The molecule has 0 radical (unpaired) electrons. The Bertz CT molecular complexity index is 1140. The Morgan fingerprint density at radius 1 is 1.10 bits per heavy atom. The molecular formula is C24H25N3O2. The van der Waals surface area contributed by atoms with E-state index in [4.69, 9.17) is 4.42 Å². The van der Waals surface area contributed by atoms with Crippen LogP contribution in [-0.4, -0.2) is 27.6 Å². The number of amides is 1. The average molecular weight is 387 g/mol. The quantitative estimate of drug-likeness (QED) is 0.490. The van der Waals surface area contributed by atoms with Gasteiger partial charge in [-0.1, -0.05) is 42.5 Å². The number of furan rings is 1. The first kappa shape index (κ1) is 19.0. The second-order valence-corrected chi connectivity index (χ2v) is 7.60. The molecule has 1 amide bonds.